The molecule has 5 amide bonds. The number of carbonyl (C=O) groups is 7. The molecular formula is C37H59N5O10. The van der Waals surface area contributed by atoms with Gasteiger partial charge in [0.15, 0.2) is 0 Å². The highest BCUT2D eigenvalue weighted by Crippen LogP contribution is 2.13. The minimum absolute atomic E-state index is 0.0180. The number of hydrogen-bond donors (Lipinski definition) is 5. The van der Waals surface area contributed by atoms with E-state index in [1.807, 2.05) is 26.8 Å². The van der Waals surface area contributed by atoms with Crippen molar-refractivity contribution in [2.45, 2.75) is 131 Å². The Kier molecular flexibility index (Phi) is 18.8. The van der Waals surface area contributed by atoms with Gasteiger partial charge in [-0.05, 0) is 56.9 Å². The first-order valence-corrected chi connectivity index (χ1v) is 17.7. The Morgan fingerprint density at radius 2 is 1.25 bits per heavy atom. The fourth-order valence-corrected chi connectivity index (χ4v) is 4.88. The van der Waals surface area contributed by atoms with E-state index in [1.165, 1.54) is 7.11 Å². The minimum Gasteiger partial charge on any atom is -0.467 e. The van der Waals surface area contributed by atoms with Crippen LogP contribution >= 0.6 is 0 Å². The lowest BCUT2D eigenvalue weighted by Crippen LogP contribution is -2.61. The van der Waals surface area contributed by atoms with E-state index in [-0.39, 0.29) is 31.3 Å². The molecule has 0 radical (unpaired) electrons. The SMILES string of the molecule is CC[C@H](NC(=O)C(NC(=O)[C@H](CC(C)C)NC(=O)[C@@H](NC(=O)OCc1ccccc1)C(C)C)C(=O)OC(C)(C)C)C(=O)N[C@H](C(=O)OC)[C@@H](C)CC. The highest BCUT2D eigenvalue weighted by atomic mass is 16.6. The van der Waals surface area contributed by atoms with Gasteiger partial charge in [-0.25, -0.2) is 14.4 Å². The van der Waals surface area contributed by atoms with Crippen LogP contribution in [0.1, 0.15) is 94.1 Å². The number of methoxy groups -OCH3 is 1. The molecule has 1 rings (SSSR count). The van der Waals surface area contributed by atoms with Gasteiger partial charge in [-0.15, -0.1) is 0 Å². The first-order valence-electron chi connectivity index (χ1n) is 17.7. The molecule has 0 aliphatic carbocycles. The summed E-state index contributed by atoms with van der Waals surface area (Å²) >= 11 is 0. The van der Waals surface area contributed by atoms with Gasteiger partial charge in [-0.1, -0.05) is 85.2 Å². The van der Waals surface area contributed by atoms with Crippen molar-refractivity contribution in [3.05, 3.63) is 35.9 Å². The molecule has 15 nitrogen and oxygen atoms in total. The Morgan fingerprint density at radius 3 is 1.75 bits per heavy atom. The lowest BCUT2D eigenvalue weighted by atomic mass is 9.98. The standard InChI is InChI=1S/C37H59N5O10/c1-12-23(7)28(34(47)50-11)40-30(43)25(13-2)38-33(46)29(35(48)52-37(8,9)10)41-31(44)26(19-21(3)4)39-32(45)27(22(5)6)42-36(49)51-20-24-17-15-14-16-18-24/h14-18,21-23,25-29H,12-13,19-20H2,1-11H3,(H,38,46)(H,39,45)(H,40,43)(H,41,44)(H,42,49)/t23-,25-,26-,27-,28-,29?/m0/s1. The summed E-state index contributed by atoms with van der Waals surface area (Å²) in [6, 6.07) is 2.56. The maximum atomic E-state index is 13.8. The number of amides is 5. The molecule has 1 aromatic carbocycles. The van der Waals surface area contributed by atoms with Crippen LogP contribution in [0.3, 0.4) is 0 Å². The molecule has 52 heavy (non-hydrogen) atoms. The average Bonchev–Trinajstić information content (AvgIpc) is 3.07. The van der Waals surface area contributed by atoms with Gasteiger partial charge >= 0.3 is 18.0 Å². The van der Waals surface area contributed by atoms with Crippen LogP contribution < -0.4 is 26.6 Å². The highest BCUT2D eigenvalue weighted by molar-refractivity contribution is 6.07. The zero-order chi connectivity index (χ0) is 39.8. The summed E-state index contributed by atoms with van der Waals surface area (Å²) in [4.78, 5) is 92.5. The van der Waals surface area contributed by atoms with Crippen LogP contribution in [0.5, 0.6) is 0 Å². The van der Waals surface area contributed by atoms with Crippen LogP contribution in [0.4, 0.5) is 4.79 Å². The average molecular weight is 734 g/mol. The first kappa shape index (κ1) is 45.3. The van der Waals surface area contributed by atoms with Crippen LogP contribution in [0.15, 0.2) is 30.3 Å². The zero-order valence-corrected chi connectivity index (χ0v) is 32.4. The Hall–Kier alpha value is -4.69. The van der Waals surface area contributed by atoms with E-state index in [0.29, 0.717) is 6.42 Å². The lowest BCUT2D eigenvalue weighted by molar-refractivity contribution is -0.161. The lowest BCUT2D eigenvalue weighted by Gasteiger charge is -2.29. The van der Waals surface area contributed by atoms with Gasteiger partial charge in [0.2, 0.25) is 23.8 Å². The Balaban J connectivity index is 3.25. The van der Waals surface area contributed by atoms with E-state index in [0.717, 1.165) is 5.56 Å². The summed E-state index contributed by atoms with van der Waals surface area (Å²) in [5.74, 6) is -5.87. The number of alkyl carbamates (subject to hydrolysis) is 1. The second kappa shape index (κ2) is 21.6. The smallest absolute Gasteiger partial charge is 0.408 e. The van der Waals surface area contributed by atoms with Crippen molar-refractivity contribution in [1.82, 2.24) is 26.6 Å². The molecule has 0 aromatic heterocycles. The maximum Gasteiger partial charge on any atom is 0.408 e. The second-order valence-electron chi connectivity index (χ2n) is 14.5. The molecule has 1 unspecified atom stereocenters. The fourth-order valence-electron chi connectivity index (χ4n) is 4.88. The van der Waals surface area contributed by atoms with Gasteiger partial charge in [0.25, 0.3) is 5.91 Å². The van der Waals surface area contributed by atoms with Gasteiger partial charge in [0.05, 0.1) is 7.11 Å². The molecule has 0 bridgehead atoms. The van der Waals surface area contributed by atoms with Crippen LogP contribution in [-0.4, -0.2) is 84.6 Å². The molecular weight excluding hydrogens is 674 g/mol. The Morgan fingerprint density at radius 1 is 0.673 bits per heavy atom. The van der Waals surface area contributed by atoms with E-state index in [2.05, 4.69) is 26.6 Å². The maximum absolute atomic E-state index is 13.8. The minimum atomic E-state index is -1.92. The predicted molar refractivity (Wildman–Crippen MR) is 193 cm³/mol. The van der Waals surface area contributed by atoms with Gasteiger partial charge in [0.1, 0.15) is 36.4 Å². The molecule has 292 valence electrons. The summed E-state index contributed by atoms with van der Waals surface area (Å²) in [6.45, 7) is 17.0. The normalized spacial score (nSPS) is 14.8. The molecule has 6 atom stereocenters. The molecule has 0 saturated carbocycles. The Labute approximate surface area is 307 Å². The van der Waals surface area contributed by atoms with Gasteiger partial charge in [0, 0.05) is 0 Å². The van der Waals surface area contributed by atoms with Crippen molar-refractivity contribution in [2.24, 2.45) is 17.8 Å². The van der Waals surface area contributed by atoms with E-state index >= 15 is 0 Å². The van der Waals surface area contributed by atoms with Crippen LogP contribution in [0.25, 0.3) is 0 Å². The molecule has 5 N–H and O–H groups in total. The third-order valence-corrected chi connectivity index (χ3v) is 7.97. The largest absolute Gasteiger partial charge is 0.467 e. The quantitative estimate of drug-likeness (QED) is 0.0798. The number of ether oxygens (including phenoxy) is 3. The van der Waals surface area contributed by atoms with E-state index < -0.39 is 83.4 Å². The third kappa shape index (κ3) is 15.7. The first-order chi connectivity index (χ1) is 24.2. The molecule has 15 heteroatoms. The van der Waals surface area contributed by atoms with Crippen molar-refractivity contribution in [2.75, 3.05) is 7.11 Å². The van der Waals surface area contributed by atoms with E-state index in [9.17, 15) is 33.6 Å². The molecule has 1 aromatic rings. The highest BCUT2D eigenvalue weighted by Gasteiger charge is 2.38. The third-order valence-electron chi connectivity index (χ3n) is 7.97. The molecule has 0 aliphatic rings. The van der Waals surface area contributed by atoms with E-state index in [1.54, 1.807) is 72.7 Å². The summed E-state index contributed by atoms with van der Waals surface area (Å²) in [7, 11) is 1.20. The summed E-state index contributed by atoms with van der Waals surface area (Å²) in [5, 5.41) is 12.7. The second-order valence-corrected chi connectivity index (χ2v) is 14.5. The van der Waals surface area contributed by atoms with Gasteiger partial charge < -0.3 is 40.8 Å². The number of hydrogen-bond acceptors (Lipinski definition) is 10. The van der Waals surface area contributed by atoms with E-state index in [4.69, 9.17) is 14.2 Å². The predicted octanol–water partition coefficient (Wildman–Crippen LogP) is 2.89. The van der Waals surface area contributed by atoms with Gasteiger partial charge in [-0.2, -0.15) is 0 Å². The molecule has 0 saturated heterocycles. The van der Waals surface area contributed by atoms with Crippen molar-refractivity contribution >= 4 is 41.7 Å². The summed E-state index contributed by atoms with van der Waals surface area (Å²) < 4.78 is 15.6. The van der Waals surface area contributed by atoms with Crippen LogP contribution in [-0.2, 0) is 49.6 Å². The van der Waals surface area contributed by atoms with Crippen molar-refractivity contribution < 1.29 is 47.8 Å². The fraction of sp³-hybridized carbons (Fsp3) is 0.649. The summed E-state index contributed by atoms with van der Waals surface area (Å²) in [5.41, 5.74) is -0.300. The monoisotopic (exact) mass is 733 g/mol. The number of esters is 2. The Bertz CT molecular complexity index is 1360. The number of benzene rings is 1. The van der Waals surface area contributed by atoms with Gasteiger partial charge in [-0.3, -0.25) is 19.2 Å². The van der Waals surface area contributed by atoms with Crippen molar-refractivity contribution in [1.29, 1.82) is 0 Å². The van der Waals surface area contributed by atoms with Crippen molar-refractivity contribution in [3.8, 4) is 0 Å². The van der Waals surface area contributed by atoms with Crippen molar-refractivity contribution in [3.63, 3.8) is 0 Å². The van der Waals surface area contributed by atoms with Crippen LogP contribution in [0, 0.1) is 17.8 Å². The topological polar surface area (TPSA) is 207 Å². The number of rotatable bonds is 19. The molecule has 0 spiro atoms. The zero-order valence-electron chi connectivity index (χ0n) is 32.4. The number of carbonyl (C=O) groups excluding carboxylic acids is 7. The summed E-state index contributed by atoms with van der Waals surface area (Å²) in [6.07, 6.45) is -0.102. The number of nitrogens with one attached hydrogen (secondary N) is 5. The molecule has 0 fully saturated rings. The molecule has 0 aliphatic heterocycles. The van der Waals surface area contributed by atoms with Crippen LogP contribution in [0.2, 0.25) is 0 Å². The molecule has 0 heterocycles.